The van der Waals surface area contributed by atoms with Crippen LogP contribution in [-0.4, -0.2) is 47.0 Å². The second-order valence-corrected chi connectivity index (χ2v) is 8.75. The second-order valence-electron chi connectivity index (χ2n) is 6.83. The highest BCUT2D eigenvalue weighted by atomic mass is 32.2. The molecule has 1 amide bonds. The first kappa shape index (κ1) is 15.2. The molecular formula is C15H28N2OS. The Kier molecular flexibility index (Phi) is 5.18. The lowest BCUT2D eigenvalue weighted by Crippen LogP contribution is -2.46. The Bertz CT molecular complexity index is 314. The van der Waals surface area contributed by atoms with Crippen molar-refractivity contribution in [3.05, 3.63) is 0 Å². The summed E-state index contributed by atoms with van der Waals surface area (Å²) < 4.78 is 0.357. The van der Waals surface area contributed by atoms with Gasteiger partial charge in [0.1, 0.15) is 0 Å². The molecule has 0 bridgehead atoms. The van der Waals surface area contributed by atoms with Crippen LogP contribution in [0.4, 0.5) is 0 Å². The lowest BCUT2D eigenvalue weighted by Gasteiger charge is -2.39. The average Bonchev–Trinajstić information content (AvgIpc) is 2.75. The van der Waals surface area contributed by atoms with Crippen LogP contribution in [-0.2, 0) is 4.79 Å². The molecule has 2 fully saturated rings. The molecule has 19 heavy (non-hydrogen) atoms. The molecule has 0 aromatic carbocycles. The monoisotopic (exact) mass is 284 g/mol. The van der Waals surface area contributed by atoms with E-state index in [4.69, 9.17) is 0 Å². The molecule has 2 aliphatic rings. The third-order valence-electron chi connectivity index (χ3n) is 4.13. The van der Waals surface area contributed by atoms with E-state index in [1.807, 2.05) is 11.8 Å². The minimum atomic E-state index is 0.250. The van der Waals surface area contributed by atoms with Gasteiger partial charge in [-0.25, -0.2) is 0 Å². The molecule has 2 atom stereocenters. The molecule has 0 aromatic rings. The summed E-state index contributed by atoms with van der Waals surface area (Å²) >= 11 is 2.05. The highest BCUT2D eigenvalue weighted by molar-refractivity contribution is 8.00. The third kappa shape index (κ3) is 4.67. The second kappa shape index (κ2) is 6.49. The Morgan fingerprint density at radius 3 is 2.79 bits per heavy atom. The van der Waals surface area contributed by atoms with Gasteiger partial charge in [-0.05, 0) is 19.4 Å². The van der Waals surface area contributed by atoms with Crippen molar-refractivity contribution in [1.29, 1.82) is 0 Å². The number of piperidine rings is 1. The van der Waals surface area contributed by atoms with E-state index < -0.39 is 0 Å². The van der Waals surface area contributed by atoms with Crippen molar-refractivity contribution in [2.45, 2.75) is 57.2 Å². The van der Waals surface area contributed by atoms with Crippen molar-refractivity contribution in [3.8, 4) is 0 Å². The fourth-order valence-corrected chi connectivity index (χ4v) is 4.13. The van der Waals surface area contributed by atoms with Gasteiger partial charge in [0.15, 0.2) is 0 Å². The lowest BCUT2D eigenvalue weighted by atomic mass is 9.89. The first-order chi connectivity index (χ1) is 8.96. The summed E-state index contributed by atoms with van der Waals surface area (Å²) in [6, 6.07) is 0.633. The summed E-state index contributed by atoms with van der Waals surface area (Å²) in [5, 5.41) is 3.00. The molecule has 0 radical (unpaired) electrons. The van der Waals surface area contributed by atoms with Gasteiger partial charge >= 0.3 is 0 Å². The normalized spacial score (nSPS) is 29.5. The van der Waals surface area contributed by atoms with Crippen molar-refractivity contribution in [3.63, 3.8) is 0 Å². The minimum absolute atomic E-state index is 0.250. The van der Waals surface area contributed by atoms with E-state index in [2.05, 4.69) is 31.0 Å². The number of rotatable bonds is 4. The molecule has 0 saturated carbocycles. The Labute approximate surface area is 121 Å². The van der Waals surface area contributed by atoms with Gasteiger partial charge in [-0.1, -0.05) is 27.2 Å². The van der Waals surface area contributed by atoms with Gasteiger partial charge in [0.25, 0.3) is 0 Å². The molecular weight excluding hydrogens is 256 g/mol. The Hall–Kier alpha value is -0.220. The molecule has 2 saturated heterocycles. The first-order valence-electron chi connectivity index (χ1n) is 7.60. The van der Waals surface area contributed by atoms with Gasteiger partial charge < -0.3 is 5.32 Å². The third-order valence-corrected chi connectivity index (χ3v) is 5.38. The molecule has 4 heteroatoms. The molecule has 2 heterocycles. The number of carbonyl (C=O) groups is 1. The van der Waals surface area contributed by atoms with Crippen LogP contribution in [0, 0.1) is 5.92 Å². The highest BCUT2D eigenvalue weighted by Crippen LogP contribution is 2.29. The maximum Gasteiger partial charge on any atom is 0.220 e. The number of amides is 1. The Morgan fingerprint density at radius 1 is 1.37 bits per heavy atom. The molecule has 110 valence electrons. The average molecular weight is 284 g/mol. The Morgan fingerprint density at radius 2 is 2.16 bits per heavy atom. The maximum absolute atomic E-state index is 11.4. The molecule has 0 aromatic heterocycles. The number of nitrogens with one attached hydrogen (secondary N) is 1. The van der Waals surface area contributed by atoms with E-state index in [9.17, 15) is 4.79 Å². The zero-order valence-corrected chi connectivity index (χ0v) is 13.4. The molecule has 2 aliphatic heterocycles. The van der Waals surface area contributed by atoms with Crippen LogP contribution in [0.3, 0.4) is 0 Å². The van der Waals surface area contributed by atoms with Crippen LogP contribution in [0.25, 0.3) is 0 Å². The van der Waals surface area contributed by atoms with Crippen molar-refractivity contribution in [1.82, 2.24) is 10.2 Å². The molecule has 0 unspecified atom stereocenters. The standard InChI is InChI=1S/C15H28N2OS/c1-15(2,3)19-9-8-17-7-5-4-6-13(17)12-10-14(18)16-11-12/h12-13H,4-11H2,1-3H3,(H,16,18)/t12-,13-/m1/s1. The van der Waals surface area contributed by atoms with Crippen LogP contribution in [0.5, 0.6) is 0 Å². The van der Waals surface area contributed by atoms with E-state index in [-0.39, 0.29) is 5.91 Å². The van der Waals surface area contributed by atoms with E-state index >= 15 is 0 Å². The van der Waals surface area contributed by atoms with Crippen LogP contribution >= 0.6 is 11.8 Å². The maximum atomic E-state index is 11.4. The number of hydrogen-bond donors (Lipinski definition) is 1. The summed E-state index contributed by atoms with van der Waals surface area (Å²) in [7, 11) is 0. The van der Waals surface area contributed by atoms with Crippen LogP contribution < -0.4 is 5.32 Å². The van der Waals surface area contributed by atoms with Gasteiger partial charge in [0, 0.05) is 42.0 Å². The van der Waals surface area contributed by atoms with E-state index in [1.165, 1.54) is 38.1 Å². The summed E-state index contributed by atoms with van der Waals surface area (Å²) in [6.45, 7) is 10.1. The number of hydrogen-bond acceptors (Lipinski definition) is 3. The fourth-order valence-electron chi connectivity index (χ4n) is 3.20. The van der Waals surface area contributed by atoms with Crippen LogP contribution in [0.2, 0.25) is 0 Å². The summed E-state index contributed by atoms with van der Waals surface area (Å²) in [4.78, 5) is 14.1. The summed E-state index contributed by atoms with van der Waals surface area (Å²) in [5.41, 5.74) is 0. The van der Waals surface area contributed by atoms with Gasteiger partial charge in [-0.3, -0.25) is 9.69 Å². The van der Waals surface area contributed by atoms with E-state index in [0.717, 1.165) is 13.0 Å². The number of likely N-dealkylation sites (tertiary alicyclic amines) is 1. The van der Waals surface area contributed by atoms with Crippen molar-refractivity contribution < 1.29 is 4.79 Å². The lowest BCUT2D eigenvalue weighted by molar-refractivity contribution is -0.119. The minimum Gasteiger partial charge on any atom is -0.356 e. The molecule has 2 rings (SSSR count). The van der Waals surface area contributed by atoms with Crippen molar-refractivity contribution in [2.75, 3.05) is 25.4 Å². The topological polar surface area (TPSA) is 32.3 Å². The van der Waals surface area contributed by atoms with Gasteiger partial charge in [0.2, 0.25) is 5.91 Å². The molecule has 1 N–H and O–H groups in total. The largest absolute Gasteiger partial charge is 0.356 e. The van der Waals surface area contributed by atoms with Crippen molar-refractivity contribution >= 4 is 17.7 Å². The molecule has 0 spiro atoms. The number of thioether (sulfide) groups is 1. The molecule has 3 nitrogen and oxygen atoms in total. The van der Waals surface area contributed by atoms with Crippen LogP contribution in [0.1, 0.15) is 46.5 Å². The van der Waals surface area contributed by atoms with Gasteiger partial charge in [-0.15, -0.1) is 0 Å². The predicted molar refractivity (Wildman–Crippen MR) is 82.5 cm³/mol. The zero-order valence-electron chi connectivity index (χ0n) is 12.6. The fraction of sp³-hybridized carbons (Fsp3) is 0.933. The van der Waals surface area contributed by atoms with Crippen LogP contribution in [0.15, 0.2) is 0 Å². The van der Waals surface area contributed by atoms with E-state index in [1.54, 1.807) is 0 Å². The zero-order chi connectivity index (χ0) is 13.9. The van der Waals surface area contributed by atoms with Gasteiger partial charge in [0.05, 0.1) is 0 Å². The smallest absolute Gasteiger partial charge is 0.220 e. The summed E-state index contributed by atoms with van der Waals surface area (Å²) in [6.07, 6.45) is 4.68. The number of nitrogens with zero attached hydrogens (tertiary/aromatic N) is 1. The van der Waals surface area contributed by atoms with Gasteiger partial charge in [-0.2, -0.15) is 11.8 Å². The quantitative estimate of drug-likeness (QED) is 0.861. The van der Waals surface area contributed by atoms with Crippen molar-refractivity contribution in [2.24, 2.45) is 5.92 Å². The SMILES string of the molecule is CC(C)(C)SCCN1CCCC[C@@H]1[C@H]1CNC(=O)C1. The first-order valence-corrected chi connectivity index (χ1v) is 8.59. The molecule has 0 aliphatic carbocycles. The summed E-state index contributed by atoms with van der Waals surface area (Å²) in [5.74, 6) is 2.00. The predicted octanol–water partition coefficient (Wildman–Crippen LogP) is 2.51. The number of carbonyl (C=O) groups excluding carboxylic acids is 1. The van der Waals surface area contributed by atoms with E-state index in [0.29, 0.717) is 16.7 Å². The Balaban J connectivity index is 1.84. The highest BCUT2D eigenvalue weighted by Gasteiger charge is 2.34.